The van der Waals surface area contributed by atoms with Gasteiger partial charge in [0.1, 0.15) is 6.04 Å². The van der Waals surface area contributed by atoms with Crippen LogP contribution >= 0.6 is 0 Å². The van der Waals surface area contributed by atoms with Crippen LogP contribution in [0.1, 0.15) is 51.4 Å². The summed E-state index contributed by atoms with van der Waals surface area (Å²) in [7, 11) is 0. The largest absolute Gasteiger partial charge is 0.352 e. The van der Waals surface area contributed by atoms with Crippen molar-refractivity contribution < 1.29 is 9.59 Å². The van der Waals surface area contributed by atoms with Gasteiger partial charge >= 0.3 is 0 Å². The van der Waals surface area contributed by atoms with Gasteiger partial charge in [-0.15, -0.1) is 0 Å². The fourth-order valence-electron chi connectivity index (χ4n) is 2.93. The minimum atomic E-state index is -0.363. The lowest BCUT2D eigenvalue weighted by Gasteiger charge is -2.29. The van der Waals surface area contributed by atoms with Gasteiger partial charge in [-0.3, -0.25) is 9.59 Å². The van der Waals surface area contributed by atoms with Crippen LogP contribution in [-0.4, -0.2) is 48.9 Å². The van der Waals surface area contributed by atoms with Gasteiger partial charge in [0.05, 0.1) is 0 Å². The van der Waals surface area contributed by atoms with E-state index in [-0.39, 0.29) is 11.9 Å². The Kier molecular flexibility index (Phi) is 6.30. The lowest BCUT2D eigenvalue weighted by atomic mass is 9.93. The van der Waals surface area contributed by atoms with Gasteiger partial charge in [-0.2, -0.15) is 0 Å². The fourth-order valence-corrected chi connectivity index (χ4v) is 2.93. The molecular weight excluding hydrogens is 254 g/mol. The lowest BCUT2D eigenvalue weighted by molar-refractivity contribution is -0.126. The maximum absolute atomic E-state index is 12.1. The van der Waals surface area contributed by atoms with Crippen molar-refractivity contribution in [1.29, 1.82) is 0 Å². The molecule has 2 fully saturated rings. The fraction of sp³-hybridized carbons (Fsp3) is 0.867. The molecule has 1 aliphatic carbocycles. The average molecular weight is 281 g/mol. The first kappa shape index (κ1) is 15.3. The molecule has 1 heterocycles. The number of carbonyl (C=O) groups excluding carboxylic acids is 2. The van der Waals surface area contributed by atoms with Gasteiger partial charge in [-0.05, 0) is 64.6 Å². The molecule has 1 unspecified atom stereocenters. The van der Waals surface area contributed by atoms with Gasteiger partial charge in [0, 0.05) is 6.04 Å². The zero-order valence-electron chi connectivity index (χ0n) is 12.3. The molecule has 20 heavy (non-hydrogen) atoms. The van der Waals surface area contributed by atoms with Gasteiger partial charge in [0.2, 0.25) is 12.3 Å². The molecule has 0 bridgehead atoms. The second-order valence-electron chi connectivity index (χ2n) is 6.02. The Hall–Kier alpha value is -1.10. The molecule has 5 nitrogen and oxygen atoms in total. The molecule has 5 heteroatoms. The number of carbonyl (C=O) groups is 2. The van der Waals surface area contributed by atoms with Gasteiger partial charge in [-0.25, -0.2) is 0 Å². The molecule has 0 radical (unpaired) electrons. The summed E-state index contributed by atoms with van der Waals surface area (Å²) in [6, 6.07) is -0.0292. The molecule has 1 saturated heterocycles. The number of hydrogen-bond acceptors (Lipinski definition) is 3. The van der Waals surface area contributed by atoms with Gasteiger partial charge in [-0.1, -0.05) is 6.42 Å². The summed E-state index contributed by atoms with van der Waals surface area (Å²) in [6.45, 7) is 3.40. The van der Waals surface area contributed by atoms with E-state index in [1.54, 1.807) is 0 Å². The van der Waals surface area contributed by atoms with Crippen molar-refractivity contribution in [2.75, 3.05) is 19.6 Å². The van der Waals surface area contributed by atoms with Crippen LogP contribution in [0, 0.1) is 0 Å². The number of nitrogens with one attached hydrogen (secondary N) is 2. The highest BCUT2D eigenvalue weighted by Crippen LogP contribution is 2.18. The number of nitrogens with zero attached hydrogens (tertiary/aromatic N) is 1. The summed E-state index contributed by atoms with van der Waals surface area (Å²) >= 11 is 0. The van der Waals surface area contributed by atoms with Crippen LogP contribution in [0.5, 0.6) is 0 Å². The third kappa shape index (κ3) is 4.78. The van der Waals surface area contributed by atoms with Crippen molar-refractivity contribution in [2.45, 2.75) is 63.5 Å². The van der Waals surface area contributed by atoms with Crippen LogP contribution in [0.25, 0.3) is 0 Å². The molecule has 0 aromatic heterocycles. The van der Waals surface area contributed by atoms with E-state index in [0.717, 1.165) is 32.2 Å². The number of amides is 2. The number of piperidine rings is 1. The van der Waals surface area contributed by atoms with Crippen LogP contribution in [0.15, 0.2) is 0 Å². The average Bonchev–Trinajstić information content (AvgIpc) is 2.43. The number of likely N-dealkylation sites (tertiary alicyclic amines) is 1. The maximum Gasteiger partial charge on any atom is 0.242 e. The van der Waals surface area contributed by atoms with E-state index in [0.29, 0.717) is 12.5 Å². The minimum Gasteiger partial charge on any atom is -0.352 e. The van der Waals surface area contributed by atoms with Crippen molar-refractivity contribution >= 4 is 12.3 Å². The van der Waals surface area contributed by atoms with Crippen molar-refractivity contribution in [3.8, 4) is 0 Å². The normalized spacial score (nSPS) is 21.8. The molecule has 114 valence electrons. The molecule has 2 aliphatic rings. The zero-order valence-corrected chi connectivity index (χ0v) is 12.3. The lowest BCUT2D eigenvalue weighted by Crippen LogP contribution is -2.49. The monoisotopic (exact) mass is 281 g/mol. The topological polar surface area (TPSA) is 61.4 Å². The molecule has 2 amide bonds. The molecule has 1 saturated carbocycles. The molecule has 0 spiro atoms. The summed E-state index contributed by atoms with van der Waals surface area (Å²) in [5.41, 5.74) is 0. The smallest absolute Gasteiger partial charge is 0.242 e. The minimum absolute atomic E-state index is 0.0135. The van der Waals surface area contributed by atoms with Crippen molar-refractivity contribution in [1.82, 2.24) is 15.5 Å². The Balaban J connectivity index is 1.67. The SMILES string of the molecule is O=CNC(CCCN1CCCCC1)C(=O)NC1CCC1. The van der Waals surface area contributed by atoms with Crippen molar-refractivity contribution in [3.05, 3.63) is 0 Å². The van der Waals surface area contributed by atoms with Crippen LogP contribution in [0.3, 0.4) is 0 Å². The van der Waals surface area contributed by atoms with E-state index < -0.39 is 0 Å². The molecule has 1 atom stereocenters. The van der Waals surface area contributed by atoms with E-state index >= 15 is 0 Å². The summed E-state index contributed by atoms with van der Waals surface area (Å²) < 4.78 is 0. The van der Waals surface area contributed by atoms with Crippen LogP contribution in [-0.2, 0) is 9.59 Å². The quantitative estimate of drug-likeness (QED) is 0.653. The Morgan fingerprint density at radius 2 is 1.95 bits per heavy atom. The molecule has 1 aliphatic heterocycles. The Morgan fingerprint density at radius 3 is 2.55 bits per heavy atom. The first-order chi connectivity index (χ1) is 9.79. The van der Waals surface area contributed by atoms with Crippen molar-refractivity contribution in [3.63, 3.8) is 0 Å². The van der Waals surface area contributed by atoms with E-state index in [4.69, 9.17) is 0 Å². The number of hydrogen-bond donors (Lipinski definition) is 2. The van der Waals surface area contributed by atoms with Crippen LogP contribution in [0.4, 0.5) is 0 Å². The summed E-state index contributed by atoms with van der Waals surface area (Å²) in [4.78, 5) is 25.2. The highest BCUT2D eigenvalue weighted by atomic mass is 16.2. The maximum atomic E-state index is 12.1. The van der Waals surface area contributed by atoms with Gasteiger partial charge < -0.3 is 15.5 Å². The van der Waals surface area contributed by atoms with Crippen LogP contribution < -0.4 is 10.6 Å². The predicted octanol–water partition coefficient (Wildman–Crippen LogP) is 1.04. The Morgan fingerprint density at radius 1 is 1.20 bits per heavy atom. The van der Waals surface area contributed by atoms with E-state index in [1.165, 1.54) is 38.8 Å². The first-order valence-electron chi connectivity index (χ1n) is 8.02. The summed E-state index contributed by atoms with van der Waals surface area (Å²) in [6.07, 6.45) is 9.61. The third-order valence-electron chi connectivity index (χ3n) is 4.45. The first-order valence-corrected chi connectivity index (χ1v) is 8.02. The van der Waals surface area contributed by atoms with Crippen molar-refractivity contribution in [2.24, 2.45) is 0 Å². The predicted molar refractivity (Wildman–Crippen MR) is 78.3 cm³/mol. The van der Waals surface area contributed by atoms with E-state index in [9.17, 15) is 9.59 Å². The molecular formula is C15H27N3O2. The van der Waals surface area contributed by atoms with Crippen LogP contribution in [0.2, 0.25) is 0 Å². The highest BCUT2D eigenvalue weighted by Gasteiger charge is 2.24. The zero-order chi connectivity index (χ0) is 14.2. The summed E-state index contributed by atoms with van der Waals surface area (Å²) in [5.74, 6) is -0.0135. The second kappa shape index (κ2) is 8.25. The van der Waals surface area contributed by atoms with Gasteiger partial charge in [0.15, 0.2) is 0 Å². The molecule has 0 aromatic rings. The van der Waals surface area contributed by atoms with E-state index in [2.05, 4.69) is 15.5 Å². The summed E-state index contributed by atoms with van der Waals surface area (Å²) in [5, 5.41) is 5.68. The number of rotatable bonds is 8. The highest BCUT2D eigenvalue weighted by molar-refractivity contribution is 5.83. The molecule has 2 N–H and O–H groups in total. The second-order valence-corrected chi connectivity index (χ2v) is 6.02. The molecule has 2 rings (SSSR count). The van der Waals surface area contributed by atoms with Gasteiger partial charge in [0.25, 0.3) is 0 Å². The van der Waals surface area contributed by atoms with E-state index in [1.807, 2.05) is 0 Å². The Labute approximate surface area is 121 Å². The Bertz CT molecular complexity index is 312. The third-order valence-corrected chi connectivity index (χ3v) is 4.45. The standard InChI is InChI=1S/C15H27N3O2/c19-12-16-14(15(20)17-13-6-4-7-13)8-5-11-18-9-2-1-3-10-18/h12-14H,1-11H2,(H,16,19)(H,17,20). The molecule has 0 aromatic carbocycles.